The Bertz CT molecular complexity index is 1050. The second kappa shape index (κ2) is 14.0. The van der Waals surface area contributed by atoms with Gasteiger partial charge in [-0.3, -0.25) is 9.69 Å². The van der Waals surface area contributed by atoms with E-state index in [4.69, 9.17) is 9.47 Å². The van der Waals surface area contributed by atoms with Gasteiger partial charge in [0.05, 0.1) is 30.8 Å². The first kappa shape index (κ1) is 31.3. The van der Waals surface area contributed by atoms with E-state index in [-0.39, 0.29) is 30.3 Å². The molecule has 2 amide bonds. The van der Waals surface area contributed by atoms with Crippen molar-refractivity contribution in [3.63, 3.8) is 0 Å². The lowest BCUT2D eigenvalue weighted by molar-refractivity contribution is -0.198. The highest BCUT2D eigenvalue weighted by atomic mass is 16.6. The lowest BCUT2D eigenvalue weighted by atomic mass is 9.76. The quantitative estimate of drug-likeness (QED) is 0.347. The van der Waals surface area contributed by atoms with Crippen molar-refractivity contribution in [2.45, 2.75) is 95.5 Å². The third-order valence-corrected chi connectivity index (χ3v) is 8.95. The predicted molar refractivity (Wildman–Crippen MR) is 154 cm³/mol. The Kier molecular flexibility index (Phi) is 10.7. The van der Waals surface area contributed by atoms with Crippen LogP contribution in [0.4, 0.5) is 4.79 Å². The average molecular weight is 569 g/mol. The highest BCUT2D eigenvalue weighted by molar-refractivity contribution is 6.43. The highest BCUT2D eigenvalue weighted by Crippen LogP contribution is 2.37. The van der Waals surface area contributed by atoms with Crippen molar-refractivity contribution in [2.75, 3.05) is 26.2 Å². The molecule has 0 spiro atoms. The summed E-state index contributed by atoms with van der Waals surface area (Å²) in [5, 5.41) is 32.4. The van der Waals surface area contributed by atoms with Gasteiger partial charge in [0.15, 0.2) is 0 Å². The molecule has 41 heavy (non-hydrogen) atoms. The minimum Gasteiger partial charge on any atom is -0.444 e. The molecule has 11 heteroatoms. The van der Waals surface area contributed by atoms with E-state index in [1.165, 1.54) is 0 Å². The molecule has 1 aromatic rings. The van der Waals surface area contributed by atoms with Gasteiger partial charge in [0.25, 0.3) is 0 Å². The summed E-state index contributed by atoms with van der Waals surface area (Å²) in [6.45, 7) is 8.93. The topological polar surface area (TPSA) is 135 Å². The second-order valence-electron chi connectivity index (χ2n) is 12.5. The van der Waals surface area contributed by atoms with Crippen molar-refractivity contribution in [2.24, 2.45) is 11.8 Å². The first-order valence-electron chi connectivity index (χ1n) is 15.1. The number of nitrogens with zero attached hydrogens (tertiary/aromatic N) is 3. The highest BCUT2D eigenvalue weighted by Gasteiger charge is 2.45. The third kappa shape index (κ3) is 8.22. The smallest absolute Gasteiger partial charge is 0.444 e. The molecule has 5 rings (SSSR count). The minimum atomic E-state index is -1.76. The molecule has 1 aromatic carbocycles. The van der Waals surface area contributed by atoms with Crippen molar-refractivity contribution in [3.8, 4) is 6.07 Å². The van der Waals surface area contributed by atoms with Gasteiger partial charge < -0.3 is 29.7 Å². The van der Waals surface area contributed by atoms with Gasteiger partial charge in [0.1, 0.15) is 12.0 Å². The van der Waals surface area contributed by atoms with Crippen molar-refractivity contribution >= 4 is 19.1 Å². The van der Waals surface area contributed by atoms with Crippen molar-refractivity contribution in [1.29, 1.82) is 5.26 Å². The van der Waals surface area contributed by atoms with Gasteiger partial charge in [-0.2, -0.15) is 5.26 Å². The van der Waals surface area contributed by atoms with Crippen LogP contribution in [0.2, 0.25) is 0 Å². The molecule has 10 nitrogen and oxygen atoms in total. The second-order valence-corrected chi connectivity index (χ2v) is 12.5. The van der Waals surface area contributed by atoms with Gasteiger partial charge in [-0.25, -0.2) is 4.79 Å². The molecular formula is C30H45BN4O6. The molecule has 0 radical (unpaired) electrons. The van der Waals surface area contributed by atoms with Crippen molar-refractivity contribution in [3.05, 3.63) is 35.9 Å². The number of hydrogen-bond acceptors (Lipinski definition) is 8. The van der Waals surface area contributed by atoms with Gasteiger partial charge in [0, 0.05) is 31.6 Å². The number of carbonyl (C=O) groups excluding carboxylic acids is 2. The molecule has 0 aliphatic carbocycles. The number of nitriles is 1. The normalized spacial score (nSPS) is 25.1. The largest absolute Gasteiger partial charge is 0.475 e. The molecule has 4 saturated heterocycles. The summed E-state index contributed by atoms with van der Waals surface area (Å²) in [4.78, 5) is 30.6. The van der Waals surface area contributed by atoms with Gasteiger partial charge >= 0.3 is 13.2 Å². The molecule has 0 saturated carbocycles. The number of alkyl carbamates (subject to hydrolysis) is 1. The standard InChI is InChI=1S/C30H45BN4O6/c1-4-22(16-30(2,3)35-19-24-15-25(20-35)40-24)26(17-32)28(36)34-13-9-8-12-23(18-34)41-29(37)33-27(31(38)39)14-21-10-6-5-7-11-21/h5-7,10-11,22-27,38-39H,4,8-9,12-16,18-20H2,1-3H3,(H,33,37)/t22?,23-,24?,25?,26?,27+/m1/s1. The van der Waals surface area contributed by atoms with E-state index in [0.29, 0.717) is 31.6 Å². The number of amides is 2. The van der Waals surface area contributed by atoms with Crippen LogP contribution in [0.5, 0.6) is 0 Å². The Hall–Kier alpha value is -2.65. The number of ether oxygens (including phenoxy) is 2. The molecule has 4 aliphatic heterocycles. The van der Waals surface area contributed by atoms with E-state index >= 15 is 0 Å². The van der Waals surface area contributed by atoms with Crippen LogP contribution in [0, 0.1) is 23.2 Å². The van der Waals surface area contributed by atoms with Crippen LogP contribution in [0.25, 0.3) is 0 Å². The number of likely N-dealkylation sites (tertiary alicyclic amines) is 1. The van der Waals surface area contributed by atoms with Crippen LogP contribution in [0.1, 0.15) is 64.9 Å². The van der Waals surface area contributed by atoms with Crippen LogP contribution >= 0.6 is 0 Å². The van der Waals surface area contributed by atoms with Crippen LogP contribution in [-0.4, -0.2) is 94.9 Å². The first-order chi connectivity index (χ1) is 19.6. The lowest BCUT2D eigenvalue weighted by Gasteiger charge is -2.53. The zero-order valence-electron chi connectivity index (χ0n) is 24.6. The monoisotopic (exact) mass is 568 g/mol. The van der Waals surface area contributed by atoms with Gasteiger partial charge in [0.2, 0.25) is 5.91 Å². The maximum Gasteiger partial charge on any atom is 0.475 e. The molecule has 4 unspecified atom stereocenters. The Morgan fingerprint density at radius 2 is 1.88 bits per heavy atom. The fourth-order valence-electron chi connectivity index (χ4n) is 6.51. The summed E-state index contributed by atoms with van der Waals surface area (Å²) in [5.74, 6) is -2.02. The maximum absolute atomic E-state index is 13.8. The number of carbonyl (C=O) groups is 2. The zero-order valence-corrected chi connectivity index (χ0v) is 24.6. The molecule has 224 valence electrons. The predicted octanol–water partition coefficient (Wildman–Crippen LogP) is 2.52. The summed E-state index contributed by atoms with van der Waals surface area (Å²) in [5.41, 5.74) is 0.686. The van der Waals surface area contributed by atoms with Gasteiger partial charge in [-0.1, -0.05) is 43.7 Å². The van der Waals surface area contributed by atoms with E-state index in [0.717, 1.165) is 44.3 Å². The van der Waals surface area contributed by atoms with Crippen LogP contribution in [0.15, 0.2) is 30.3 Å². The van der Waals surface area contributed by atoms with Gasteiger partial charge in [-0.05, 0) is 57.4 Å². The van der Waals surface area contributed by atoms with E-state index in [1.54, 1.807) is 4.90 Å². The molecule has 4 aliphatic rings. The molecule has 0 aromatic heterocycles. The summed E-state index contributed by atoms with van der Waals surface area (Å²) in [7, 11) is -1.76. The van der Waals surface area contributed by atoms with Crippen molar-refractivity contribution < 1.29 is 29.1 Å². The van der Waals surface area contributed by atoms with E-state index in [1.807, 2.05) is 37.3 Å². The minimum absolute atomic E-state index is 0.0996. The SMILES string of the molecule is CCC(CC(C)(C)N1CC2CC(C1)O2)C(C#N)C(=O)N1CCCC[C@@H](OC(=O)N[C@@H](Cc2ccccc2)B(O)O)C1. The zero-order chi connectivity index (χ0) is 29.6. The van der Waals surface area contributed by atoms with Crippen LogP contribution in [0.3, 0.4) is 0 Å². The first-order valence-corrected chi connectivity index (χ1v) is 15.1. The Morgan fingerprint density at radius 1 is 1.20 bits per heavy atom. The fourth-order valence-corrected chi connectivity index (χ4v) is 6.51. The van der Waals surface area contributed by atoms with Crippen molar-refractivity contribution in [1.82, 2.24) is 15.1 Å². The van der Waals surface area contributed by atoms with E-state index < -0.39 is 31.2 Å². The summed E-state index contributed by atoms with van der Waals surface area (Å²) >= 11 is 0. The summed E-state index contributed by atoms with van der Waals surface area (Å²) in [6, 6.07) is 11.6. The fraction of sp³-hybridized carbons (Fsp3) is 0.700. The summed E-state index contributed by atoms with van der Waals surface area (Å²) < 4.78 is 11.5. The van der Waals surface area contributed by atoms with Crippen LogP contribution in [-0.2, 0) is 20.7 Å². The number of piperidine rings is 1. The Morgan fingerprint density at radius 3 is 2.49 bits per heavy atom. The maximum atomic E-state index is 13.8. The molecule has 3 N–H and O–H groups in total. The van der Waals surface area contributed by atoms with Gasteiger partial charge in [-0.15, -0.1) is 0 Å². The summed E-state index contributed by atoms with van der Waals surface area (Å²) in [6.07, 6.45) is 4.20. The van der Waals surface area contributed by atoms with E-state index in [9.17, 15) is 24.9 Å². The number of fused-ring (bicyclic) bond motifs is 2. The molecule has 6 atom stereocenters. The molecule has 4 heterocycles. The number of benzene rings is 1. The average Bonchev–Trinajstić information content (AvgIpc) is 3.18. The van der Waals surface area contributed by atoms with Crippen LogP contribution < -0.4 is 5.32 Å². The van der Waals surface area contributed by atoms with E-state index in [2.05, 4.69) is 30.1 Å². The molecular weight excluding hydrogens is 523 g/mol. The number of hydrogen-bond donors (Lipinski definition) is 3. The number of nitrogens with one attached hydrogen (secondary N) is 1. The Balaban J connectivity index is 1.35. The molecule has 2 bridgehead atoms. The molecule has 4 fully saturated rings. The lowest BCUT2D eigenvalue weighted by Crippen LogP contribution is -2.63. The number of morpholine rings is 1. The Labute approximate surface area is 244 Å². The third-order valence-electron chi connectivity index (χ3n) is 8.95. The number of rotatable bonds is 11.